The number of nitrogens with zero attached hydrogens (tertiary/aromatic N) is 1. The van der Waals surface area contributed by atoms with E-state index >= 15 is 0 Å². The van der Waals surface area contributed by atoms with Gasteiger partial charge in [0, 0.05) is 17.1 Å². The fraction of sp³-hybridized carbons (Fsp3) is 0.412. The maximum Gasteiger partial charge on any atom is 0.228 e. The van der Waals surface area contributed by atoms with Gasteiger partial charge in [-0.05, 0) is 45.4 Å². The number of carbonyl (C=O) groups is 1. The second-order valence-corrected chi connectivity index (χ2v) is 6.95. The van der Waals surface area contributed by atoms with Crippen LogP contribution < -0.4 is 10.6 Å². The summed E-state index contributed by atoms with van der Waals surface area (Å²) in [6, 6.07) is 7.94. The average molecular weight is 330 g/mol. The van der Waals surface area contributed by atoms with Gasteiger partial charge in [-0.15, -0.1) is 0 Å². The highest BCUT2D eigenvalue weighted by atomic mass is 32.2. The van der Waals surface area contributed by atoms with E-state index in [0.29, 0.717) is 0 Å². The van der Waals surface area contributed by atoms with Gasteiger partial charge in [-0.25, -0.2) is 0 Å². The number of rotatable bonds is 4. The molecule has 1 aliphatic rings. The van der Waals surface area contributed by atoms with Crippen molar-refractivity contribution in [3.05, 3.63) is 35.7 Å². The van der Waals surface area contributed by atoms with Crippen LogP contribution in [0.1, 0.15) is 24.2 Å². The van der Waals surface area contributed by atoms with Crippen molar-refractivity contribution in [2.24, 2.45) is 5.92 Å². The molecule has 6 heteroatoms. The number of benzene rings is 1. The first-order chi connectivity index (χ1) is 11.1. The highest BCUT2D eigenvalue weighted by molar-refractivity contribution is 7.99. The number of carbonyl (C=O) groups excluding carboxylic acids is 1. The molecule has 1 atom stereocenters. The van der Waals surface area contributed by atoms with Gasteiger partial charge in [0.25, 0.3) is 0 Å². The second-order valence-electron chi connectivity index (χ2n) is 5.89. The summed E-state index contributed by atoms with van der Waals surface area (Å²) in [7, 11) is 0. The third-order valence-electron chi connectivity index (χ3n) is 4.09. The Balaban J connectivity index is 1.76. The van der Waals surface area contributed by atoms with Gasteiger partial charge in [-0.3, -0.25) is 9.89 Å². The number of amides is 1. The Kier molecular flexibility index (Phi) is 5.03. The van der Waals surface area contributed by atoms with E-state index in [1.807, 2.05) is 38.1 Å². The van der Waals surface area contributed by atoms with Crippen LogP contribution in [0.2, 0.25) is 0 Å². The van der Waals surface area contributed by atoms with Crippen LogP contribution in [-0.2, 0) is 4.79 Å². The van der Waals surface area contributed by atoms with Gasteiger partial charge in [0.05, 0.1) is 22.2 Å². The summed E-state index contributed by atoms with van der Waals surface area (Å²) in [6.45, 7) is 5.77. The van der Waals surface area contributed by atoms with Crippen LogP contribution in [0.15, 0.2) is 34.1 Å². The highest BCUT2D eigenvalue weighted by Gasteiger charge is 2.22. The molecule has 0 aliphatic carbocycles. The molecule has 0 spiro atoms. The standard InChI is InChI=1S/C17H22N4OS/c1-11-16(12(2)21-20-11)23-15-8-4-3-7-14(15)19-17(22)13-6-5-9-18-10-13/h3-4,7-8,13,18H,5-6,9-10H2,1-2H3,(H,19,22)(H,20,21)/t13-/m0/s1. The number of aromatic amines is 1. The summed E-state index contributed by atoms with van der Waals surface area (Å²) in [6.07, 6.45) is 2.01. The summed E-state index contributed by atoms with van der Waals surface area (Å²) in [4.78, 5) is 14.6. The molecular formula is C17H22N4OS. The summed E-state index contributed by atoms with van der Waals surface area (Å²) in [5, 5.41) is 13.6. The van der Waals surface area contributed by atoms with Crippen LogP contribution in [0.3, 0.4) is 0 Å². The van der Waals surface area contributed by atoms with Crippen LogP contribution in [0.5, 0.6) is 0 Å². The molecule has 1 amide bonds. The third kappa shape index (κ3) is 3.76. The number of hydrogen-bond acceptors (Lipinski definition) is 4. The van der Waals surface area contributed by atoms with Crippen LogP contribution in [0, 0.1) is 19.8 Å². The Morgan fingerprint density at radius 1 is 1.35 bits per heavy atom. The van der Waals surface area contributed by atoms with Crippen molar-refractivity contribution in [3.8, 4) is 0 Å². The van der Waals surface area contributed by atoms with Gasteiger partial charge >= 0.3 is 0 Å². The lowest BCUT2D eigenvalue weighted by Gasteiger charge is -2.22. The second kappa shape index (κ2) is 7.19. The van der Waals surface area contributed by atoms with Crippen LogP contribution in [-0.4, -0.2) is 29.2 Å². The Morgan fingerprint density at radius 2 is 2.17 bits per heavy atom. The Hall–Kier alpha value is -1.79. The molecule has 3 N–H and O–H groups in total. The number of H-pyrrole nitrogens is 1. The van der Waals surface area contributed by atoms with E-state index in [0.717, 1.165) is 52.8 Å². The summed E-state index contributed by atoms with van der Waals surface area (Å²) in [5.74, 6) is 0.157. The van der Waals surface area contributed by atoms with Gasteiger partial charge in [0.1, 0.15) is 0 Å². The summed E-state index contributed by atoms with van der Waals surface area (Å²) >= 11 is 1.64. The number of piperidine rings is 1. The molecule has 0 bridgehead atoms. The van der Waals surface area contributed by atoms with Crippen molar-refractivity contribution < 1.29 is 4.79 Å². The van der Waals surface area contributed by atoms with E-state index in [-0.39, 0.29) is 11.8 Å². The molecule has 23 heavy (non-hydrogen) atoms. The van der Waals surface area contributed by atoms with Gasteiger partial charge in [-0.2, -0.15) is 5.10 Å². The molecule has 2 heterocycles. The predicted molar refractivity (Wildman–Crippen MR) is 92.9 cm³/mol. The lowest BCUT2D eigenvalue weighted by atomic mass is 9.99. The first-order valence-electron chi connectivity index (χ1n) is 7.95. The first-order valence-corrected chi connectivity index (χ1v) is 8.77. The van der Waals surface area contributed by atoms with Crippen molar-refractivity contribution in [2.45, 2.75) is 36.5 Å². The fourth-order valence-electron chi connectivity index (χ4n) is 2.77. The van der Waals surface area contributed by atoms with Gasteiger partial charge in [0.15, 0.2) is 0 Å². The Labute approximate surface area is 140 Å². The van der Waals surface area contributed by atoms with E-state index in [2.05, 4.69) is 20.8 Å². The van der Waals surface area contributed by atoms with Gasteiger partial charge in [-0.1, -0.05) is 23.9 Å². The quantitative estimate of drug-likeness (QED) is 0.805. The molecule has 0 saturated carbocycles. The number of hydrogen-bond donors (Lipinski definition) is 3. The molecule has 3 rings (SSSR count). The van der Waals surface area contributed by atoms with Gasteiger partial charge < -0.3 is 10.6 Å². The van der Waals surface area contributed by atoms with Crippen molar-refractivity contribution in [1.82, 2.24) is 15.5 Å². The first kappa shape index (κ1) is 16.1. The maximum atomic E-state index is 12.5. The van der Waals surface area contributed by atoms with E-state index in [9.17, 15) is 4.79 Å². The topological polar surface area (TPSA) is 69.8 Å². The monoisotopic (exact) mass is 330 g/mol. The van der Waals surface area contributed by atoms with Gasteiger partial charge in [0.2, 0.25) is 5.91 Å². The van der Waals surface area contributed by atoms with Crippen molar-refractivity contribution in [2.75, 3.05) is 18.4 Å². The molecule has 1 fully saturated rings. The minimum absolute atomic E-state index is 0.0548. The molecule has 2 aromatic rings. The summed E-state index contributed by atoms with van der Waals surface area (Å²) in [5.41, 5.74) is 2.89. The zero-order chi connectivity index (χ0) is 16.2. The maximum absolute atomic E-state index is 12.5. The van der Waals surface area contributed by atoms with E-state index in [1.54, 1.807) is 11.8 Å². The molecular weight excluding hydrogens is 308 g/mol. The molecule has 0 unspecified atom stereocenters. The molecule has 122 valence electrons. The van der Waals surface area contributed by atoms with Crippen LogP contribution in [0.25, 0.3) is 0 Å². The van der Waals surface area contributed by atoms with E-state index in [1.165, 1.54) is 0 Å². The van der Waals surface area contributed by atoms with E-state index in [4.69, 9.17) is 0 Å². The third-order valence-corrected chi connectivity index (χ3v) is 5.47. The zero-order valence-electron chi connectivity index (χ0n) is 13.5. The van der Waals surface area contributed by atoms with Crippen LogP contribution in [0.4, 0.5) is 5.69 Å². The molecule has 1 aliphatic heterocycles. The molecule has 0 radical (unpaired) electrons. The smallest absolute Gasteiger partial charge is 0.228 e. The molecule has 1 aromatic carbocycles. The normalized spacial score (nSPS) is 17.9. The lowest BCUT2D eigenvalue weighted by Crippen LogP contribution is -2.37. The lowest BCUT2D eigenvalue weighted by molar-refractivity contribution is -0.120. The van der Waals surface area contributed by atoms with Crippen molar-refractivity contribution >= 4 is 23.4 Å². The number of para-hydroxylation sites is 1. The SMILES string of the molecule is Cc1n[nH]c(C)c1Sc1ccccc1NC(=O)[C@H]1CCCNC1. The van der Waals surface area contributed by atoms with Crippen molar-refractivity contribution in [1.29, 1.82) is 0 Å². The minimum atomic E-state index is 0.0548. The fourth-order valence-corrected chi connectivity index (χ4v) is 3.76. The number of aromatic nitrogens is 2. The summed E-state index contributed by atoms with van der Waals surface area (Å²) < 4.78 is 0. The zero-order valence-corrected chi connectivity index (χ0v) is 14.3. The number of anilines is 1. The molecule has 5 nitrogen and oxygen atoms in total. The Morgan fingerprint density at radius 3 is 2.87 bits per heavy atom. The molecule has 1 aromatic heterocycles. The largest absolute Gasteiger partial charge is 0.325 e. The number of nitrogens with one attached hydrogen (secondary N) is 3. The molecule has 1 saturated heterocycles. The van der Waals surface area contributed by atoms with Crippen LogP contribution >= 0.6 is 11.8 Å². The Bertz CT molecular complexity index is 672. The van der Waals surface area contributed by atoms with E-state index < -0.39 is 0 Å². The van der Waals surface area contributed by atoms with Crippen molar-refractivity contribution in [3.63, 3.8) is 0 Å². The highest BCUT2D eigenvalue weighted by Crippen LogP contribution is 2.36. The average Bonchev–Trinajstić information content (AvgIpc) is 2.89. The minimum Gasteiger partial charge on any atom is -0.325 e. The predicted octanol–water partition coefficient (Wildman–Crippen LogP) is 3.12. The number of aryl methyl sites for hydroxylation is 2.